The second kappa shape index (κ2) is 10.4. The lowest BCUT2D eigenvalue weighted by atomic mass is 10.1. The van der Waals surface area contributed by atoms with Gasteiger partial charge in [-0.1, -0.05) is 65.9 Å². The number of benzene rings is 3. The highest BCUT2D eigenvalue weighted by molar-refractivity contribution is 7.99. The van der Waals surface area contributed by atoms with Crippen molar-refractivity contribution in [2.75, 3.05) is 11.1 Å². The molecule has 0 aliphatic rings. The minimum atomic E-state index is -0.0991. The molecule has 1 N–H and O–H groups in total. The van der Waals surface area contributed by atoms with Gasteiger partial charge in [-0.15, -0.1) is 10.2 Å². The molecule has 7 heteroatoms. The molecule has 1 aromatic heterocycles. The predicted octanol–water partition coefficient (Wildman–Crippen LogP) is 5.50. The van der Waals surface area contributed by atoms with E-state index in [0.29, 0.717) is 11.0 Å². The van der Waals surface area contributed by atoms with E-state index in [-0.39, 0.29) is 18.3 Å². The molecule has 0 unspecified atom stereocenters. The van der Waals surface area contributed by atoms with Gasteiger partial charge in [0.05, 0.1) is 5.75 Å². The first-order chi connectivity index (χ1) is 16.0. The Morgan fingerprint density at radius 3 is 2.30 bits per heavy atom. The van der Waals surface area contributed by atoms with Crippen molar-refractivity contribution in [2.45, 2.75) is 32.5 Å². The maximum absolute atomic E-state index is 12.5. The molecular formula is C26H26N4O2S. The third-order valence-corrected chi connectivity index (χ3v) is 6.07. The highest BCUT2D eigenvalue weighted by atomic mass is 32.2. The third kappa shape index (κ3) is 5.62. The highest BCUT2D eigenvalue weighted by Crippen LogP contribution is 2.26. The van der Waals surface area contributed by atoms with E-state index >= 15 is 0 Å². The fourth-order valence-electron chi connectivity index (χ4n) is 3.45. The number of thioether (sulfide) groups is 1. The van der Waals surface area contributed by atoms with Crippen LogP contribution in [0.5, 0.6) is 5.75 Å². The number of hydrogen-bond acceptors (Lipinski definition) is 5. The van der Waals surface area contributed by atoms with Gasteiger partial charge in [0.25, 0.3) is 0 Å². The Kier molecular flexibility index (Phi) is 7.10. The van der Waals surface area contributed by atoms with Crippen molar-refractivity contribution >= 4 is 23.4 Å². The smallest absolute Gasteiger partial charge is 0.234 e. The lowest BCUT2D eigenvalue weighted by molar-refractivity contribution is -0.113. The van der Waals surface area contributed by atoms with E-state index in [0.717, 1.165) is 33.8 Å². The van der Waals surface area contributed by atoms with Gasteiger partial charge in [0, 0.05) is 11.4 Å². The molecule has 0 atom stereocenters. The topological polar surface area (TPSA) is 69.0 Å². The Balaban J connectivity index is 1.54. The SMILES string of the molecule is Cc1ccc(-n2c(COc3c(C)cccc3C)nnc2SCC(=O)Nc2ccccc2)cc1. The van der Waals surface area contributed by atoms with E-state index in [1.54, 1.807) is 0 Å². The largest absolute Gasteiger partial charge is 0.485 e. The van der Waals surface area contributed by atoms with Crippen molar-refractivity contribution in [1.29, 1.82) is 0 Å². The summed E-state index contributed by atoms with van der Waals surface area (Å²) < 4.78 is 8.10. The number of rotatable bonds is 8. The van der Waals surface area contributed by atoms with E-state index in [9.17, 15) is 4.79 Å². The molecule has 0 fully saturated rings. The number of carbonyl (C=O) groups excluding carboxylic acids is 1. The molecule has 168 valence electrons. The molecule has 0 bridgehead atoms. The Bertz CT molecular complexity index is 1220. The molecule has 3 aromatic carbocycles. The number of aryl methyl sites for hydroxylation is 3. The Morgan fingerprint density at radius 1 is 0.909 bits per heavy atom. The van der Waals surface area contributed by atoms with Crippen LogP contribution in [0.25, 0.3) is 5.69 Å². The number of anilines is 1. The minimum absolute atomic E-state index is 0.0991. The number of para-hydroxylation sites is 2. The zero-order valence-electron chi connectivity index (χ0n) is 18.9. The summed E-state index contributed by atoms with van der Waals surface area (Å²) in [6.45, 7) is 6.37. The van der Waals surface area contributed by atoms with Crippen molar-refractivity contribution in [3.63, 3.8) is 0 Å². The van der Waals surface area contributed by atoms with Gasteiger partial charge in [0.2, 0.25) is 5.91 Å². The van der Waals surface area contributed by atoms with Crippen LogP contribution in [0, 0.1) is 20.8 Å². The summed E-state index contributed by atoms with van der Waals surface area (Å²) in [6.07, 6.45) is 0. The van der Waals surface area contributed by atoms with Crippen LogP contribution in [0.2, 0.25) is 0 Å². The summed E-state index contributed by atoms with van der Waals surface area (Å²) in [6, 6.07) is 23.6. The average Bonchev–Trinajstić information content (AvgIpc) is 3.21. The number of nitrogens with zero attached hydrogens (tertiary/aromatic N) is 3. The molecule has 33 heavy (non-hydrogen) atoms. The van der Waals surface area contributed by atoms with Gasteiger partial charge in [-0.05, 0) is 56.2 Å². The van der Waals surface area contributed by atoms with Crippen LogP contribution in [-0.2, 0) is 11.4 Å². The fraction of sp³-hybridized carbons (Fsp3) is 0.192. The van der Waals surface area contributed by atoms with E-state index in [1.807, 2.05) is 98.1 Å². The maximum Gasteiger partial charge on any atom is 0.234 e. The molecule has 1 amide bonds. The lowest BCUT2D eigenvalue weighted by Gasteiger charge is -2.14. The summed E-state index contributed by atoms with van der Waals surface area (Å²) in [5.74, 6) is 1.65. The summed E-state index contributed by atoms with van der Waals surface area (Å²) in [5, 5.41) is 12.3. The zero-order chi connectivity index (χ0) is 23.2. The monoisotopic (exact) mass is 458 g/mol. The normalized spacial score (nSPS) is 10.8. The summed E-state index contributed by atoms with van der Waals surface area (Å²) in [4.78, 5) is 12.5. The van der Waals surface area contributed by atoms with Crippen LogP contribution in [0.4, 0.5) is 5.69 Å². The molecule has 0 spiro atoms. The lowest BCUT2D eigenvalue weighted by Crippen LogP contribution is -2.14. The maximum atomic E-state index is 12.5. The van der Waals surface area contributed by atoms with Crippen molar-refractivity contribution in [2.24, 2.45) is 0 Å². The fourth-order valence-corrected chi connectivity index (χ4v) is 4.22. The van der Waals surface area contributed by atoms with Gasteiger partial charge in [0.15, 0.2) is 11.0 Å². The molecule has 0 aliphatic carbocycles. The van der Waals surface area contributed by atoms with Crippen LogP contribution < -0.4 is 10.1 Å². The molecule has 0 saturated heterocycles. The van der Waals surface area contributed by atoms with Gasteiger partial charge in [-0.3, -0.25) is 9.36 Å². The molecule has 0 aliphatic heterocycles. The number of amides is 1. The number of hydrogen-bond donors (Lipinski definition) is 1. The van der Waals surface area contributed by atoms with Crippen LogP contribution in [0.1, 0.15) is 22.5 Å². The molecule has 6 nitrogen and oxygen atoms in total. The molecule has 0 saturated carbocycles. The molecular weight excluding hydrogens is 432 g/mol. The first kappa shape index (κ1) is 22.6. The zero-order valence-corrected chi connectivity index (χ0v) is 19.7. The quantitative estimate of drug-likeness (QED) is 0.353. The highest BCUT2D eigenvalue weighted by Gasteiger charge is 2.17. The standard InChI is InChI=1S/C26H26N4O2S/c1-18-12-14-22(15-13-18)30-23(16-32-25-19(2)8-7-9-20(25)3)28-29-26(30)33-17-24(31)27-21-10-5-4-6-11-21/h4-15H,16-17H2,1-3H3,(H,27,31). The second-order valence-electron chi connectivity index (χ2n) is 7.78. The molecule has 0 radical (unpaired) electrons. The van der Waals surface area contributed by atoms with E-state index in [1.165, 1.54) is 11.8 Å². The van der Waals surface area contributed by atoms with Crippen molar-refractivity contribution in [3.8, 4) is 11.4 Å². The summed E-state index contributed by atoms with van der Waals surface area (Å²) in [7, 11) is 0. The van der Waals surface area contributed by atoms with Crippen LogP contribution in [0.3, 0.4) is 0 Å². The van der Waals surface area contributed by atoms with Gasteiger partial charge < -0.3 is 10.1 Å². The van der Waals surface area contributed by atoms with Crippen molar-refractivity contribution in [3.05, 3.63) is 95.3 Å². The third-order valence-electron chi connectivity index (χ3n) is 5.14. The first-order valence-electron chi connectivity index (χ1n) is 10.7. The Hall–Kier alpha value is -3.58. The first-order valence-corrected chi connectivity index (χ1v) is 11.7. The summed E-state index contributed by atoms with van der Waals surface area (Å²) in [5.41, 5.74) is 5.01. The number of nitrogens with one attached hydrogen (secondary N) is 1. The Labute approximate surface area is 198 Å². The summed E-state index contributed by atoms with van der Waals surface area (Å²) >= 11 is 1.34. The van der Waals surface area contributed by atoms with Gasteiger partial charge in [0.1, 0.15) is 12.4 Å². The minimum Gasteiger partial charge on any atom is -0.485 e. The average molecular weight is 459 g/mol. The number of ether oxygens (including phenoxy) is 1. The number of carbonyl (C=O) groups is 1. The van der Waals surface area contributed by atoms with Crippen LogP contribution >= 0.6 is 11.8 Å². The van der Waals surface area contributed by atoms with E-state index in [4.69, 9.17) is 4.74 Å². The predicted molar refractivity (Wildman–Crippen MR) is 132 cm³/mol. The van der Waals surface area contributed by atoms with Gasteiger partial charge in [-0.25, -0.2) is 0 Å². The van der Waals surface area contributed by atoms with Crippen LogP contribution in [-0.4, -0.2) is 26.4 Å². The Morgan fingerprint density at radius 2 is 1.61 bits per heavy atom. The van der Waals surface area contributed by atoms with Crippen molar-refractivity contribution < 1.29 is 9.53 Å². The van der Waals surface area contributed by atoms with Crippen LogP contribution in [0.15, 0.2) is 78.0 Å². The van der Waals surface area contributed by atoms with Gasteiger partial charge in [-0.2, -0.15) is 0 Å². The number of aromatic nitrogens is 3. The molecule has 4 rings (SSSR count). The van der Waals surface area contributed by atoms with Crippen molar-refractivity contribution in [1.82, 2.24) is 14.8 Å². The molecule has 4 aromatic rings. The molecule has 1 heterocycles. The van der Waals surface area contributed by atoms with E-state index < -0.39 is 0 Å². The van der Waals surface area contributed by atoms with E-state index in [2.05, 4.69) is 15.5 Å². The van der Waals surface area contributed by atoms with Gasteiger partial charge >= 0.3 is 0 Å². The second-order valence-corrected chi connectivity index (χ2v) is 8.72.